The fourth-order valence-electron chi connectivity index (χ4n) is 2.69. The molecule has 2 heteroatoms. The lowest BCUT2D eigenvalue weighted by molar-refractivity contribution is 0.0979. The van der Waals surface area contributed by atoms with Crippen LogP contribution in [0.15, 0.2) is 42.5 Å². The summed E-state index contributed by atoms with van der Waals surface area (Å²) in [5.41, 5.74) is 4.35. The van der Waals surface area contributed by atoms with Crippen molar-refractivity contribution in [3.63, 3.8) is 0 Å². The lowest BCUT2D eigenvalue weighted by Crippen LogP contribution is -2.03. The first-order valence-corrected chi connectivity index (χ1v) is 7.07. The van der Waals surface area contributed by atoms with Crippen LogP contribution in [0, 0.1) is 6.92 Å². The fraction of sp³-hybridized carbons (Fsp3) is 0.278. The third-order valence-electron chi connectivity index (χ3n) is 3.74. The number of fused-ring (bicyclic) bond motifs is 1. The van der Waals surface area contributed by atoms with Crippen LogP contribution >= 0.6 is 0 Å². The van der Waals surface area contributed by atoms with Crippen molar-refractivity contribution in [2.75, 3.05) is 6.61 Å². The summed E-state index contributed by atoms with van der Waals surface area (Å²) in [5, 5.41) is 0. The van der Waals surface area contributed by atoms with E-state index >= 15 is 0 Å². The molecule has 2 aromatic carbocycles. The summed E-state index contributed by atoms with van der Waals surface area (Å²) in [6.45, 7) is 2.76. The van der Waals surface area contributed by atoms with E-state index in [1.807, 2.05) is 24.3 Å². The van der Waals surface area contributed by atoms with Crippen molar-refractivity contribution in [3.8, 4) is 5.75 Å². The molecule has 1 aliphatic rings. The minimum Gasteiger partial charge on any atom is -0.492 e. The summed E-state index contributed by atoms with van der Waals surface area (Å²) < 4.78 is 5.60. The molecule has 2 nitrogen and oxygen atoms in total. The van der Waals surface area contributed by atoms with Gasteiger partial charge in [-0.1, -0.05) is 42.0 Å². The Labute approximate surface area is 119 Å². The Morgan fingerprint density at radius 1 is 1.20 bits per heavy atom. The van der Waals surface area contributed by atoms with Crippen LogP contribution in [0.4, 0.5) is 0 Å². The number of benzene rings is 2. The Kier molecular flexibility index (Phi) is 3.55. The fourth-order valence-corrected chi connectivity index (χ4v) is 2.69. The quantitative estimate of drug-likeness (QED) is 0.788. The molecule has 0 bridgehead atoms. The van der Waals surface area contributed by atoms with Crippen LogP contribution in [0.5, 0.6) is 5.75 Å². The first-order chi connectivity index (χ1) is 9.74. The molecule has 1 heterocycles. The van der Waals surface area contributed by atoms with Crippen LogP contribution < -0.4 is 4.74 Å². The van der Waals surface area contributed by atoms with Gasteiger partial charge in [-0.15, -0.1) is 0 Å². The molecule has 0 atom stereocenters. The molecule has 0 N–H and O–H groups in total. The van der Waals surface area contributed by atoms with Gasteiger partial charge in [-0.05, 0) is 30.5 Å². The van der Waals surface area contributed by atoms with E-state index in [1.165, 1.54) is 11.1 Å². The lowest BCUT2D eigenvalue weighted by Gasteiger charge is -2.07. The van der Waals surface area contributed by atoms with E-state index in [2.05, 4.69) is 25.1 Å². The molecule has 0 aliphatic carbocycles. The van der Waals surface area contributed by atoms with Gasteiger partial charge in [-0.25, -0.2) is 0 Å². The summed E-state index contributed by atoms with van der Waals surface area (Å²) in [7, 11) is 0. The van der Waals surface area contributed by atoms with Crippen LogP contribution in [0.1, 0.15) is 33.5 Å². The lowest BCUT2D eigenvalue weighted by atomic mass is 9.99. The zero-order valence-electron chi connectivity index (χ0n) is 11.7. The molecule has 0 saturated heterocycles. The molecular weight excluding hydrogens is 248 g/mol. The van der Waals surface area contributed by atoms with E-state index in [-0.39, 0.29) is 5.78 Å². The first-order valence-electron chi connectivity index (χ1n) is 7.07. The van der Waals surface area contributed by atoms with Gasteiger partial charge >= 0.3 is 0 Å². The number of ether oxygens (including phenoxy) is 1. The highest BCUT2D eigenvalue weighted by Crippen LogP contribution is 2.30. The second-order valence-electron chi connectivity index (χ2n) is 5.30. The highest BCUT2D eigenvalue weighted by molar-refractivity contribution is 5.99. The molecule has 0 aromatic heterocycles. The maximum absolute atomic E-state index is 12.4. The number of ketones is 1. The van der Waals surface area contributed by atoms with Crippen molar-refractivity contribution in [3.05, 3.63) is 64.7 Å². The zero-order chi connectivity index (χ0) is 13.9. The number of aryl methyl sites for hydroxylation is 2. The number of carbonyl (C=O) groups is 1. The van der Waals surface area contributed by atoms with Gasteiger partial charge in [-0.2, -0.15) is 0 Å². The Morgan fingerprint density at radius 2 is 2.05 bits per heavy atom. The molecule has 0 saturated carbocycles. The molecule has 0 amide bonds. The van der Waals surface area contributed by atoms with Crippen LogP contribution in [-0.2, 0) is 12.8 Å². The molecule has 1 aliphatic heterocycles. The Bertz CT molecular complexity index is 644. The minimum atomic E-state index is 0.172. The van der Waals surface area contributed by atoms with Gasteiger partial charge in [0.25, 0.3) is 0 Å². The standard InChI is InChI=1S/C18H18O2/c1-13-4-2-5-14(12-13)8-9-17(19)16-7-3-6-15-10-11-20-18(15)16/h2-7,12H,8-11H2,1H3. The van der Waals surface area contributed by atoms with E-state index in [9.17, 15) is 4.79 Å². The topological polar surface area (TPSA) is 26.3 Å². The van der Waals surface area contributed by atoms with E-state index < -0.39 is 0 Å². The highest BCUT2D eigenvalue weighted by Gasteiger charge is 2.19. The number of Topliss-reactive ketones (excluding diaryl/α,β-unsaturated/α-hetero) is 1. The zero-order valence-corrected chi connectivity index (χ0v) is 11.7. The molecule has 3 rings (SSSR count). The molecule has 2 aromatic rings. The van der Waals surface area contributed by atoms with Crippen molar-refractivity contribution in [1.82, 2.24) is 0 Å². The summed E-state index contributed by atoms with van der Waals surface area (Å²) >= 11 is 0. The number of para-hydroxylation sites is 1. The maximum Gasteiger partial charge on any atom is 0.166 e. The van der Waals surface area contributed by atoms with Crippen molar-refractivity contribution >= 4 is 5.78 Å². The van der Waals surface area contributed by atoms with Crippen LogP contribution in [0.3, 0.4) is 0 Å². The molecule has 0 fully saturated rings. The Morgan fingerprint density at radius 3 is 2.90 bits per heavy atom. The Hall–Kier alpha value is -2.09. The second kappa shape index (κ2) is 5.49. The first kappa shape index (κ1) is 12.9. The van der Waals surface area contributed by atoms with Crippen LogP contribution in [-0.4, -0.2) is 12.4 Å². The third kappa shape index (κ3) is 2.60. The van der Waals surface area contributed by atoms with E-state index in [0.717, 1.165) is 29.7 Å². The highest BCUT2D eigenvalue weighted by atomic mass is 16.5. The van der Waals surface area contributed by atoms with Gasteiger partial charge in [-0.3, -0.25) is 4.79 Å². The average Bonchev–Trinajstić information content (AvgIpc) is 2.93. The molecule has 0 spiro atoms. The predicted octanol–water partition coefficient (Wildman–Crippen LogP) is 3.75. The third-order valence-corrected chi connectivity index (χ3v) is 3.74. The predicted molar refractivity (Wildman–Crippen MR) is 79.5 cm³/mol. The van der Waals surface area contributed by atoms with Crippen molar-refractivity contribution in [2.24, 2.45) is 0 Å². The smallest absolute Gasteiger partial charge is 0.166 e. The number of rotatable bonds is 4. The number of carbonyl (C=O) groups excluding carboxylic acids is 1. The monoisotopic (exact) mass is 266 g/mol. The van der Waals surface area contributed by atoms with E-state index in [1.54, 1.807) is 0 Å². The Balaban J connectivity index is 1.73. The normalized spacial score (nSPS) is 12.8. The van der Waals surface area contributed by atoms with Crippen molar-refractivity contribution < 1.29 is 9.53 Å². The molecule has 0 radical (unpaired) electrons. The average molecular weight is 266 g/mol. The van der Waals surface area contributed by atoms with Gasteiger partial charge < -0.3 is 4.74 Å². The van der Waals surface area contributed by atoms with Crippen molar-refractivity contribution in [2.45, 2.75) is 26.2 Å². The summed E-state index contributed by atoms with van der Waals surface area (Å²) in [6.07, 6.45) is 2.22. The number of hydrogen-bond acceptors (Lipinski definition) is 2. The van der Waals surface area contributed by atoms with Gasteiger partial charge in [0.1, 0.15) is 5.75 Å². The minimum absolute atomic E-state index is 0.172. The van der Waals surface area contributed by atoms with E-state index in [4.69, 9.17) is 4.74 Å². The SMILES string of the molecule is Cc1cccc(CCC(=O)c2cccc3c2OCC3)c1. The van der Waals surface area contributed by atoms with Crippen LogP contribution in [0.2, 0.25) is 0 Å². The van der Waals surface area contributed by atoms with Gasteiger partial charge in [0, 0.05) is 12.8 Å². The van der Waals surface area contributed by atoms with Gasteiger partial charge in [0.15, 0.2) is 5.78 Å². The molecule has 20 heavy (non-hydrogen) atoms. The second-order valence-corrected chi connectivity index (χ2v) is 5.30. The van der Waals surface area contributed by atoms with Crippen LogP contribution in [0.25, 0.3) is 0 Å². The van der Waals surface area contributed by atoms with Gasteiger partial charge in [0.05, 0.1) is 12.2 Å². The van der Waals surface area contributed by atoms with Gasteiger partial charge in [0.2, 0.25) is 0 Å². The molecular formula is C18H18O2. The summed E-state index contributed by atoms with van der Waals surface area (Å²) in [5.74, 6) is 0.979. The molecule has 102 valence electrons. The van der Waals surface area contributed by atoms with E-state index in [0.29, 0.717) is 13.0 Å². The maximum atomic E-state index is 12.4. The summed E-state index contributed by atoms with van der Waals surface area (Å²) in [4.78, 5) is 12.4. The van der Waals surface area contributed by atoms with Crippen molar-refractivity contribution in [1.29, 1.82) is 0 Å². The largest absolute Gasteiger partial charge is 0.492 e. The number of hydrogen-bond donors (Lipinski definition) is 0. The summed E-state index contributed by atoms with van der Waals surface area (Å²) in [6, 6.07) is 14.2. The molecule has 0 unspecified atom stereocenters.